The molecule has 3 aromatic rings. The Labute approximate surface area is 154 Å². The van der Waals surface area contributed by atoms with Crippen LogP contribution in [0, 0.1) is 0 Å². The normalized spacial score (nSPS) is 11.9. The SMILES string of the molecule is CC(C(=O)Nc1ccn(Cc2ccccc2Cl)n1)n1nccc1C(=O)O. The van der Waals surface area contributed by atoms with Crippen LogP contribution in [0.25, 0.3) is 0 Å². The Morgan fingerprint density at radius 3 is 2.77 bits per heavy atom. The van der Waals surface area contributed by atoms with E-state index in [9.17, 15) is 9.59 Å². The van der Waals surface area contributed by atoms with Crippen molar-refractivity contribution in [3.05, 3.63) is 65.1 Å². The molecule has 0 saturated heterocycles. The first-order chi connectivity index (χ1) is 12.5. The molecular formula is C17H16ClN5O3. The van der Waals surface area contributed by atoms with Crippen molar-refractivity contribution in [2.75, 3.05) is 5.32 Å². The summed E-state index contributed by atoms with van der Waals surface area (Å²) in [7, 11) is 0. The number of aromatic carboxylic acids is 1. The van der Waals surface area contributed by atoms with Crippen LogP contribution < -0.4 is 5.32 Å². The van der Waals surface area contributed by atoms with E-state index in [2.05, 4.69) is 15.5 Å². The summed E-state index contributed by atoms with van der Waals surface area (Å²) >= 11 is 6.14. The fourth-order valence-electron chi connectivity index (χ4n) is 2.45. The number of hydrogen-bond acceptors (Lipinski definition) is 4. The molecule has 0 saturated carbocycles. The molecule has 2 heterocycles. The highest BCUT2D eigenvalue weighted by Crippen LogP contribution is 2.17. The lowest BCUT2D eigenvalue weighted by Crippen LogP contribution is -2.27. The van der Waals surface area contributed by atoms with Crippen LogP contribution in [0.4, 0.5) is 5.82 Å². The predicted octanol–water partition coefficient (Wildman–Crippen LogP) is 2.68. The molecule has 0 aliphatic carbocycles. The molecule has 134 valence electrons. The average molecular weight is 374 g/mol. The molecule has 0 bridgehead atoms. The molecule has 1 amide bonds. The molecule has 0 spiro atoms. The quantitative estimate of drug-likeness (QED) is 0.691. The molecule has 2 N–H and O–H groups in total. The third kappa shape index (κ3) is 3.75. The van der Waals surface area contributed by atoms with Gasteiger partial charge in [-0.1, -0.05) is 29.8 Å². The summed E-state index contributed by atoms with van der Waals surface area (Å²) in [6.07, 6.45) is 3.06. The zero-order chi connectivity index (χ0) is 18.7. The minimum atomic E-state index is -1.15. The molecule has 9 heteroatoms. The second-order valence-corrected chi connectivity index (χ2v) is 6.03. The monoisotopic (exact) mass is 373 g/mol. The van der Waals surface area contributed by atoms with Crippen molar-refractivity contribution in [1.29, 1.82) is 0 Å². The van der Waals surface area contributed by atoms with Gasteiger partial charge in [0.05, 0.1) is 6.54 Å². The van der Waals surface area contributed by atoms with Crippen molar-refractivity contribution in [1.82, 2.24) is 19.6 Å². The summed E-state index contributed by atoms with van der Waals surface area (Å²) < 4.78 is 2.80. The number of benzene rings is 1. The number of aromatic nitrogens is 4. The van der Waals surface area contributed by atoms with Gasteiger partial charge in [-0.25, -0.2) is 9.48 Å². The number of nitrogens with zero attached hydrogens (tertiary/aromatic N) is 4. The first-order valence-corrected chi connectivity index (χ1v) is 8.18. The van der Waals surface area contributed by atoms with E-state index in [1.54, 1.807) is 29.9 Å². The van der Waals surface area contributed by atoms with E-state index >= 15 is 0 Å². The topological polar surface area (TPSA) is 102 Å². The summed E-state index contributed by atoms with van der Waals surface area (Å²) in [5, 5.41) is 20.6. The van der Waals surface area contributed by atoms with Crippen LogP contribution >= 0.6 is 11.6 Å². The minimum absolute atomic E-state index is 0.0584. The third-order valence-corrected chi connectivity index (χ3v) is 4.19. The average Bonchev–Trinajstić information content (AvgIpc) is 3.25. The van der Waals surface area contributed by atoms with Crippen molar-refractivity contribution < 1.29 is 14.7 Å². The van der Waals surface area contributed by atoms with E-state index in [0.29, 0.717) is 17.4 Å². The fourth-order valence-corrected chi connectivity index (χ4v) is 2.65. The number of halogens is 1. The van der Waals surface area contributed by atoms with Crippen molar-refractivity contribution in [2.24, 2.45) is 0 Å². The molecule has 1 unspecified atom stereocenters. The Balaban J connectivity index is 1.68. The van der Waals surface area contributed by atoms with Gasteiger partial charge in [0.1, 0.15) is 11.7 Å². The molecule has 0 radical (unpaired) electrons. The maximum absolute atomic E-state index is 12.4. The van der Waals surface area contributed by atoms with Gasteiger partial charge in [-0.15, -0.1) is 0 Å². The van der Waals surface area contributed by atoms with Crippen molar-refractivity contribution >= 4 is 29.3 Å². The van der Waals surface area contributed by atoms with Crippen LogP contribution in [0.2, 0.25) is 5.02 Å². The van der Waals surface area contributed by atoms with Crippen LogP contribution in [-0.4, -0.2) is 36.5 Å². The molecule has 1 aromatic carbocycles. The second-order valence-electron chi connectivity index (χ2n) is 5.62. The number of nitrogens with one attached hydrogen (secondary N) is 1. The van der Waals surface area contributed by atoms with Crippen molar-refractivity contribution in [3.8, 4) is 0 Å². The van der Waals surface area contributed by atoms with E-state index in [0.717, 1.165) is 10.2 Å². The molecular weight excluding hydrogens is 358 g/mol. The number of amides is 1. The van der Waals surface area contributed by atoms with Gasteiger partial charge in [-0.3, -0.25) is 9.48 Å². The first kappa shape index (κ1) is 17.7. The van der Waals surface area contributed by atoms with Gasteiger partial charge < -0.3 is 10.4 Å². The third-order valence-electron chi connectivity index (χ3n) is 3.82. The molecule has 0 fully saturated rings. The lowest BCUT2D eigenvalue weighted by molar-refractivity contribution is -0.119. The number of anilines is 1. The Morgan fingerprint density at radius 1 is 1.27 bits per heavy atom. The van der Waals surface area contributed by atoms with Gasteiger partial charge in [0.2, 0.25) is 5.91 Å². The smallest absolute Gasteiger partial charge is 0.354 e. The summed E-state index contributed by atoms with van der Waals surface area (Å²) in [4.78, 5) is 23.5. The number of carbonyl (C=O) groups is 2. The zero-order valence-corrected chi connectivity index (χ0v) is 14.6. The number of carbonyl (C=O) groups excluding carboxylic acids is 1. The van der Waals surface area contributed by atoms with Gasteiger partial charge in [-0.05, 0) is 24.6 Å². The second kappa shape index (κ2) is 7.40. The number of carboxylic acid groups (broad SMARTS) is 1. The maximum atomic E-state index is 12.4. The van der Waals surface area contributed by atoms with E-state index in [1.165, 1.54) is 12.3 Å². The highest BCUT2D eigenvalue weighted by molar-refractivity contribution is 6.31. The Kier molecular flexibility index (Phi) is 5.04. The summed E-state index contributed by atoms with van der Waals surface area (Å²) in [6, 6.07) is 9.63. The molecule has 26 heavy (non-hydrogen) atoms. The van der Waals surface area contributed by atoms with Crippen LogP contribution in [0.15, 0.2) is 48.8 Å². The summed E-state index contributed by atoms with van der Waals surface area (Å²) in [6.45, 7) is 2.03. The van der Waals surface area contributed by atoms with E-state index in [4.69, 9.17) is 16.7 Å². The van der Waals surface area contributed by atoms with E-state index < -0.39 is 17.9 Å². The molecule has 1 atom stereocenters. The molecule has 2 aromatic heterocycles. The van der Waals surface area contributed by atoms with Gasteiger partial charge >= 0.3 is 5.97 Å². The zero-order valence-electron chi connectivity index (χ0n) is 13.8. The standard InChI is InChI=1S/C17H16ClN5O3/c1-11(23-14(17(25)26)6-8-19-23)16(24)20-15-7-9-22(21-15)10-12-4-2-3-5-13(12)18/h2-9,11H,10H2,1H3,(H,25,26)(H,20,21,24). The lowest BCUT2D eigenvalue weighted by atomic mass is 10.2. The molecule has 0 aliphatic heterocycles. The molecule has 3 rings (SSSR count). The van der Waals surface area contributed by atoms with Crippen LogP contribution in [0.1, 0.15) is 29.0 Å². The largest absolute Gasteiger partial charge is 0.477 e. The van der Waals surface area contributed by atoms with Crippen LogP contribution in [-0.2, 0) is 11.3 Å². The number of carboxylic acids is 1. The maximum Gasteiger partial charge on any atom is 0.354 e. The van der Waals surface area contributed by atoms with E-state index in [1.807, 2.05) is 18.2 Å². The fraction of sp³-hybridized carbons (Fsp3) is 0.176. The summed E-state index contributed by atoms with van der Waals surface area (Å²) in [5.74, 6) is -1.21. The van der Waals surface area contributed by atoms with Crippen molar-refractivity contribution in [3.63, 3.8) is 0 Å². The lowest BCUT2D eigenvalue weighted by Gasteiger charge is -2.13. The van der Waals surface area contributed by atoms with Gasteiger partial charge in [0.15, 0.2) is 5.82 Å². The van der Waals surface area contributed by atoms with Gasteiger partial charge in [-0.2, -0.15) is 10.2 Å². The van der Waals surface area contributed by atoms with Gasteiger partial charge in [0.25, 0.3) is 0 Å². The molecule has 0 aliphatic rings. The first-order valence-electron chi connectivity index (χ1n) is 7.80. The van der Waals surface area contributed by atoms with E-state index in [-0.39, 0.29) is 5.69 Å². The molecule has 8 nitrogen and oxygen atoms in total. The minimum Gasteiger partial charge on any atom is -0.477 e. The highest BCUT2D eigenvalue weighted by atomic mass is 35.5. The Hall–Kier alpha value is -3.13. The van der Waals surface area contributed by atoms with Crippen LogP contribution in [0.3, 0.4) is 0 Å². The predicted molar refractivity (Wildman–Crippen MR) is 95.3 cm³/mol. The summed E-state index contributed by atoms with van der Waals surface area (Å²) in [5.41, 5.74) is 0.850. The highest BCUT2D eigenvalue weighted by Gasteiger charge is 2.22. The van der Waals surface area contributed by atoms with Gasteiger partial charge in [0, 0.05) is 23.5 Å². The van der Waals surface area contributed by atoms with Crippen molar-refractivity contribution in [2.45, 2.75) is 19.5 Å². The van der Waals surface area contributed by atoms with Crippen LogP contribution in [0.5, 0.6) is 0 Å². The Morgan fingerprint density at radius 2 is 2.04 bits per heavy atom. The number of rotatable bonds is 6. The number of hydrogen-bond donors (Lipinski definition) is 2. The Bertz CT molecular complexity index is 949.